The van der Waals surface area contributed by atoms with Crippen molar-refractivity contribution in [3.05, 3.63) is 23.8 Å². The van der Waals surface area contributed by atoms with E-state index < -0.39 is 12.1 Å². The van der Waals surface area contributed by atoms with Gasteiger partial charge in [0.1, 0.15) is 5.69 Å². The Hall–Kier alpha value is -2.04. The number of carbonyl (C=O) groups excluding carboxylic acids is 1. The molecule has 0 saturated carbocycles. The number of rotatable bonds is 4. The van der Waals surface area contributed by atoms with Crippen LogP contribution >= 0.6 is 11.7 Å². The van der Waals surface area contributed by atoms with Gasteiger partial charge in [-0.3, -0.25) is 4.79 Å². The number of hydrogen-bond donors (Lipinski definition) is 1. The fourth-order valence-corrected chi connectivity index (χ4v) is 1.61. The highest BCUT2D eigenvalue weighted by Gasteiger charge is 2.38. The maximum Gasteiger partial charge on any atom is 0.471 e. The molecule has 0 unspecified atom stereocenters. The Morgan fingerprint density at radius 2 is 2.21 bits per heavy atom. The number of aromatic nitrogens is 5. The van der Waals surface area contributed by atoms with E-state index in [9.17, 15) is 18.0 Å². The third-order valence-electron chi connectivity index (χ3n) is 2.00. The van der Waals surface area contributed by atoms with Gasteiger partial charge in [0.05, 0.1) is 42.9 Å². The number of hydrogen-bond acceptors (Lipinski definition) is 6. The monoisotopic (exact) mass is 292 g/mol. The van der Waals surface area contributed by atoms with Crippen molar-refractivity contribution in [2.24, 2.45) is 0 Å². The summed E-state index contributed by atoms with van der Waals surface area (Å²) >= 11 is 1.04. The van der Waals surface area contributed by atoms with Gasteiger partial charge in [-0.15, -0.1) is 5.10 Å². The Bertz CT molecular complexity index is 551. The highest BCUT2D eigenvalue weighted by atomic mass is 32.1. The van der Waals surface area contributed by atoms with Crippen LogP contribution in [0.25, 0.3) is 0 Å². The summed E-state index contributed by atoms with van der Waals surface area (Å²) in [5.41, 5.74) is 0.890. The van der Waals surface area contributed by atoms with E-state index in [0.717, 1.165) is 11.7 Å². The van der Waals surface area contributed by atoms with Crippen LogP contribution in [-0.4, -0.2) is 35.8 Å². The number of carbonyl (C=O) groups is 1. The van der Waals surface area contributed by atoms with E-state index in [0.29, 0.717) is 12.2 Å². The minimum Gasteiger partial charge on any atom is -0.342 e. The molecule has 11 heteroatoms. The van der Waals surface area contributed by atoms with E-state index in [4.69, 9.17) is 0 Å². The average Bonchev–Trinajstić information content (AvgIpc) is 2.97. The molecule has 0 saturated heterocycles. The molecule has 0 fully saturated rings. The second-order valence-electron chi connectivity index (χ2n) is 3.49. The van der Waals surface area contributed by atoms with Crippen LogP contribution in [0, 0.1) is 0 Å². The van der Waals surface area contributed by atoms with Crippen molar-refractivity contribution in [2.75, 3.05) is 0 Å². The molecule has 2 heterocycles. The van der Waals surface area contributed by atoms with Crippen molar-refractivity contribution in [3.63, 3.8) is 0 Å². The summed E-state index contributed by atoms with van der Waals surface area (Å²) in [6.07, 6.45) is -1.92. The fraction of sp³-hybridized carbons (Fsp3) is 0.375. The van der Waals surface area contributed by atoms with Gasteiger partial charge in [0.15, 0.2) is 0 Å². The zero-order valence-electron chi connectivity index (χ0n) is 9.26. The lowest BCUT2D eigenvalue weighted by Gasteiger charge is -2.05. The van der Waals surface area contributed by atoms with Crippen LogP contribution in [0.15, 0.2) is 12.4 Å². The zero-order chi connectivity index (χ0) is 13.9. The standard InChI is InChI=1S/C8H7F3N6OS/c9-8(10,11)7(18)12-1-5-3-17(16-14-5)4-6-2-13-19-15-6/h2-3H,1,4H2,(H,12,18). The van der Waals surface area contributed by atoms with Crippen LogP contribution in [0.1, 0.15) is 11.4 Å². The maximum atomic E-state index is 11.9. The Kier molecular flexibility index (Phi) is 3.74. The molecular formula is C8H7F3N6OS. The number of nitrogens with one attached hydrogen (secondary N) is 1. The van der Waals surface area contributed by atoms with Crippen LogP contribution in [0.2, 0.25) is 0 Å². The molecule has 102 valence electrons. The van der Waals surface area contributed by atoms with Crippen LogP contribution in [0.3, 0.4) is 0 Å². The summed E-state index contributed by atoms with van der Waals surface area (Å²) in [4.78, 5) is 10.6. The molecule has 2 rings (SSSR count). The van der Waals surface area contributed by atoms with Gasteiger partial charge in [-0.1, -0.05) is 5.21 Å². The molecule has 0 bridgehead atoms. The molecule has 2 aromatic rings. The first kappa shape index (κ1) is 13.4. The second kappa shape index (κ2) is 5.30. The Balaban J connectivity index is 1.89. The summed E-state index contributed by atoms with van der Waals surface area (Å²) in [6.45, 7) is -0.0234. The van der Waals surface area contributed by atoms with Crippen molar-refractivity contribution in [2.45, 2.75) is 19.3 Å². The summed E-state index contributed by atoms with van der Waals surface area (Å²) in [5.74, 6) is -2.01. The molecule has 0 atom stereocenters. The Morgan fingerprint density at radius 1 is 1.42 bits per heavy atom. The topological polar surface area (TPSA) is 85.6 Å². The fourth-order valence-electron chi connectivity index (χ4n) is 1.19. The maximum absolute atomic E-state index is 11.9. The minimum atomic E-state index is -4.90. The first-order valence-corrected chi connectivity index (χ1v) is 5.68. The van der Waals surface area contributed by atoms with Gasteiger partial charge in [-0.25, -0.2) is 4.68 Å². The molecule has 1 N–H and O–H groups in total. The number of alkyl halides is 3. The zero-order valence-corrected chi connectivity index (χ0v) is 10.1. The molecule has 2 aromatic heterocycles. The average molecular weight is 292 g/mol. The predicted molar refractivity (Wildman–Crippen MR) is 56.9 cm³/mol. The summed E-state index contributed by atoms with van der Waals surface area (Å²) in [6, 6.07) is 0. The number of amides is 1. The van der Waals surface area contributed by atoms with Gasteiger partial charge in [0, 0.05) is 0 Å². The molecule has 0 radical (unpaired) electrons. The minimum absolute atomic E-state index is 0.223. The lowest BCUT2D eigenvalue weighted by molar-refractivity contribution is -0.173. The Morgan fingerprint density at radius 3 is 2.84 bits per heavy atom. The molecule has 0 aliphatic heterocycles. The molecule has 1 amide bonds. The third-order valence-corrected chi connectivity index (χ3v) is 2.52. The van der Waals surface area contributed by atoms with Crippen molar-refractivity contribution in [1.29, 1.82) is 0 Å². The van der Waals surface area contributed by atoms with Crippen molar-refractivity contribution in [3.8, 4) is 0 Å². The van der Waals surface area contributed by atoms with Crippen LogP contribution in [0.5, 0.6) is 0 Å². The third kappa shape index (κ3) is 3.71. The lowest BCUT2D eigenvalue weighted by Crippen LogP contribution is -2.36. The SMILES string of the molecule is O=C(NCc1cn(Cc2cnsn2)nn1)C(F)(F)F. The molecule has 0 aliphatic carbocycles. The van der Waals surface area contributed by atoms with Crippen LogP contribution in [-0.2, 0) is 17.9 Å². The first-order valence-electron chi connectivity index (χ1n) is 4.95. The molecule has 19 heavy (non-hydrogen) atoms. The van der Waals surface area contributed by atoms with Gasteiger partial charge in [0.2, 0.25) is 0 Å². The van der Waals surface area contributed by atoms with E-state index in [1.165, 1.54) is 10.9 Å². The molecule has 0 aliphatic rings. The molecular weight excluding hydrogens is 285 g/mol. The van der Waals surface area contributed by atoms with Gasteiger partial charge in [-0.05, 0) is 0 Å². The van der Waals surface area contributed by atoms with Gasteiger partial charge >= 0.3 is 12.1 Å². The summed E-state index contributed by atoms with van der Waals surface area (Å²) in [7, 11) is 0. The largest absolute Gasteiger partial charge is 0.471 e. The molecule has 0 spiro atoms. The van der Waals surface area contributed by atoms with E-state index in [1.807, 2.05) is 0 Å². The van der Waals surface area contributed by atoms with Crippen molar-refractivity contribution < 1.29 is 18.0 Å². The summed E-state index contributed by atoms with van der Waals surface area (Å²) in [5, 5.41) is 9.04. The normalized spacial score (nSPS) is 11.5. The Labute approximate surface area is 108 Å². The molecule has 7 nitrogen and oxygen atoms in total. The number of nitrogens with zero attached hydrogens (tertiary/aromatic N) is 5. The highest BCUT2D eigenvalue weighted by molar-refractivity contribution is 6.99. The van der Waals surface area contributed by atoms with E-state index in [1.54, 1.807) is 11.5 Å². The van der Waals surface area contributed by atoms with E-state index >= 15 is 0 Å². The van der Waals surface area contributed by atoms with Gasteiger partial charge < -0.3 is 5.32 Å². The van der Waals surface area contributed by atoms with Crippen molar-refractivity contribution in [1.82, 2.24) is 29.1 Å². The van der Waals surface area contributed by atoms with Crippen LogP contribution < -0.4 is 5.32 Å². The van der Waals surface area contributed by atoms with Crippen LogP contribution in [0.4, 0.5) is 13.2 Å². The highest BCUT2D eigenvalue weighted by Crippen LogP contribution is 2.14. The first-order chi connectivity index (χ1) is 8.95. The quantitative estimate of drug-likeness (QED) is 0.879. The van der Waals surface area contributed by atoms with E-state index in [-0.39, 0.29) is 12.2 Å². The lowest BCUT2D eigenvalue weighted by atomic mass is 10.4. The van der Waals surface area contributed by atoms with Gasteiger partial charge in [-0.2, -0.15) is 21.9 Å². The van der Waals surface area contributed by atoms with Gasteiger partial charge in [0.25, 0.3) is 0 Å². The smallest absolute Gasteiger partial charge is 0.342 e. The number of halogens is 3. The van der Waals surface area contributed by atoms with E-state index in [2.05, 4.69) is 19.1 Å². The predicted octanol–water partition coefficient (Wildman–Crippen LogP) is 0.356. The second-order valence-corrected chi connectivity index (χ2v) is 4.04. The molecule has 0 aromatic carbocycles. The summed E-state index contributed by atoms with van der Waals surface area (Å²) < 4.78 is 45.0. The van der Waals surface area contributed by atoms with Crippen molar-refractivity contribution >= 4 is 17.6 Å².